The van der Waals surface area contributed by atoms with Gasteiger partial charge < -0.3 is 14.3 Å². The molecule has 2 atom stereocenters. The van der Waals surface area contributed by atoms with E-state index >= 15 is 0 Å². The molecular formula is C20H30O3SSiY. The van der Waals surface area contributed by atoms with Crippen molar-refractivity contribution in [3.8, 4) is 0 Å². The molecule has 0 bridgehead atoms. The van der Waals surface area contributed by atoms with E-state index < -0.39 is 14.4 Å². The maximum Gasteiger partial charge on any atom is 0.192 e. The first-order chi connectivity index (χ1) is 11.7. The van der Waals surface area contributed by atoms with Gasteiger partial charge in [0.25, 0.3) is 0 Å². The van der Waals surface area contributed by atoms with Crippen LogP contribution in [0.25, 0.3) is 0 Å². The zero-order chi connectivity index (χ0) is 18.5. The largest absolute Gasteiger partial charge is 0.414 e. The standard InChI is InChI=1S/C20H30O3SSi.Y/c1-20(2,3)25(4,5)23-15-17(19(21)18-12-9-13-24-18)22-14-16-10-7-6-8-11-16;/h6-13,17,19,21H,14-15H2,1-5H3;. The van der Waals surface area contributed by atoms with E-state index in [-0.39, 0.29) is 43.9 Å². The second-order valence-electron chi connectivity index (χ2n) is 7.87. The predicted octanol–water partition coefficient (Wildman–Crippen LogP) is 5.39. The van der Waals surface area contributed by atoms with Gasteiger partial charge in [0, 0.05) is 37.6 Å². The van der Waals surface area contributed by atoms with Crippen LogP contribution < -0.4 is 0 Å². The van der Waals surface area contributed by atoms with Crippen LogP contribution in [0.1, 0.15) is 37.3 Å². The summed E-state index contributed by atoms with van der Waals surface area (Å²) < 4.78 is 12.4. The molecule has 0 saturated carbocycles. The molecule has 0 aliphatic carbocycles. The van der Waals surface area contributed by atoms with E-state index in [9.17, 15) is 5.11 Å². The molecule has 1 heterocycles. The van der Waals surface area contributed by atoms with Crippen LogP contribution in [-0.2, 0) is 48.5 Å². The van der Waals surface area contributed by atoms with Crippen molar-refractivity contribution in [1.82, 2.24) is 0 Å². The fourth-order valence-electron chi connectivity index (χ4n) is 2.16. The molecule has 0 amide bonds. The summed E-state index contributed by atoms with van der Waals surface area (Å²) in [5, 5.41) is 12.9. The Morgan fingerprint density at radius 1 is 1.08 bits per heavy atom. The van der Waals surface area contributed by atoms with E-state index in [0.717, 1.165) is 10.4 Å². The van der Waals surface area contributed by atoms with Crippen LogP contribution in [0.3, 0.4) is 0 Å². The molecule has 26 heavy (non-hydrogen) atoms. The van der Waals surface area contributed by atoms with Gasteiger partial charge in [-0.25, -0.2) is 0 Å². The van der Waals surface area contributed by atoms with Crippen molar-refractivity contribution in [3.05, 3.63) is 58.3 Å². The molecule has 0 spiro atoms. The van der Waals surface area contributed by atoms with Gasteiger partial charge >= 0.3 is 0 Å². The van der Waals surface area contributed by atoms with Crippen molar-refractivity contribution in [2.24, 2.45) is 0 Å². The first kappa shape index (κ1) is 24.2. The number of hydrogen-bond donors (Lipinski definition) is 1. The Labute approximate surface area is 188 Å². The maximum absolute atomic E-state index is 10.8. The predicted molar refractivity (Wildman–Crippen MR) is 107 cm³/mol. The zero-order valence-electron chi connectivity index (χ0n) is 16.4. The Bertz CT molecular complexity index is 626. The van der Waals surface area contributed by atoms with Crippen LogP contribution in [0.15, 0.2) is 47.8 Å². The monoisotopic (exact) mass is 467 g/mol. The average molecular weight is 468 g/mol. The number of rotatable bonds is 8. The van der Waals surface area contributed by atoms with E-state index in [1.165, 1.54) is 0 Å². The number of aliphatic hydroxyl groups excluding tert-OH is 1. The molecule has 0 fully saturated rings. The molecule has 1 radical (unpaired) electrons. The van der Waals surface area contributed by atoms with Crippen molar-refractivity contribution >= 4 is 19.7 Å². The second kappa shape index (κ2) is 10.6. The Hall–Kier alpha value is 0.121. The van der Waals surface area contributed by atoms with Gasteiger partial charge in [-0.1, -0.05) is 57.2 Å². The fraction of sp³-hybridized carbons (Fsp3) is 0.500. The van der Waals surface area contributed by atoms with Gasteiger partial charge in [-0.15, -0.1) is 11.3 Å². The van der Waals surface area contributed by atoms with Gasteiger partial charge in [-0.2, -0.15) is 0 Å². The van der Waals surface area contributed by atoms with E-state index in [0.29, 0.717) is 13.2 Å². The Kier molecular flexibility index (Phi) is 9.86. The summed E-state index contributed by atoms with van der Waals surface area (Å²) in [7, 11) is -1.89. The van der Waals surface area contributed by atoms with Crippen LogP contribution in [0.2, 0.25) is 18.1 Å². The summed E-state index contributed by atoms with van der Waals surface area (Å²) in [5.41, 5.74) is 1.10. The second-order valence-corrected chi connectivity index (χ2v) is 13.7. The van der Waals surface area contributed by atoms with Gasteiger partial charge in [0.1, 0.15) is 12.2 Å². The minimum absolute atomic E-state index is 0. The smallest absolute Gasteiger partial charge is 0.192 e. The van der Waals surface area contributed by atoms with Crippen LogP contribution in [-0.4, -0.2) is 26.1 Å². The molecular weight excluding hydrogens is 437 g/mol. The zero-order valence-corrected chi connectivity index (χ0v) is 21.1. The first-order valence-corrected chi connectivity index (χ1v) is 12.5. The van der Waals surface area contributed by atoms with Gasteiger partial charge in [-0.3, -0.25) is 0 Å². The van der Waals surface area contributed by atoms with Crippen molar-refractivity contribution in [2.75, 3.05) is 6.61 Å². The fourth-order valence-corrected chi connectivity index (χ4v) is 3.93. The normalized spacial score (nSPS) is 14.5. The Morgan fingerprint density at radius 3 is 2.27 bits per heavy atom. The van der Waals surface area contributed by atoms with Crippen molar-refractivity contribution < 1.29 is 47.0 Å². The van der Waals surface area contributed by atoms with Gasteiger partial charge in [-0.05, 0) is 35.1 Å². The molecule has 3 nitrogen and oxygen atoms in total. The van der Waals surface area contributed by atoms with E-state index in [1.807, 2.05) is 47.8 Å². The number of ether oxygens (including phenoxy) is 1. The number of hydrogen-bond acceptors (Lipinski definition) is 4. The molecule has 1 aromatic carbocycles. The van der Waals surface area contributed by atoms with Crippen LogP contribution in [0.5, 0.6) is 0 Å². The third-order valence-corrected chi connectivity index (χ3v) is 10.4. The molecule has 0 saturated heterocycles. The minimum Gasteiger partial charge on any atom is -0.414 e. The molecule has 2 rings (SSSR count). The summed E-state index contributed by atoms with van der Waals surface area (Å²) >= 11 is 1.55. The van der Waals surface area contributed by atoms with Crippen LogP contribution >= 0.6 is 11.3 Å². The summed E-state index contributed by atoms with van der Waals surface area (Å²) in [4.78, 5) is 0.914. The van der Waals surface area contributed by atoms with E-state index in [2.05, 4.69) is 33.9 Å². The molecule has 1 N–H and O–H groups in total. The summed E-state index contributed by atoms with van der Waals surface area (Å²) in [6, 6.07) is 13.9. The maximum atomic E-state index is 10.8. The molecule has 2 unspecified atom stereocenters. The molecule has 1 aromatic heterocycles. The Balaban J connectivity index is 0.00000338. The quantitative estimate of drug-likeness (QED) is 0.530. The Morgan fingerprint density at radius 2 is 1.73 bits per heavy atom. The van der Waals surface area contributed by atoms with Crippen molar-refractivity contribution in [2.45, 2.75) is 57.7 Å². The van der Waals surface area contributed by atoms with E-state index in [1.54, 1.807) is 11.3 Å². The van der Waals surface area contributed by atoms with E-state index in [4.69, 9.17) is 9.16 Å². The first-order valence-electron chi connectivity index (χ1n) is 8.72. The number of thiophene rings is 1. The minimum atomic E-state index is -1.89. The summed E-state index contributed by atoms with van der Waals surface area (Å²) in [6.07, 6.45) is -1.05. The number of aliphatic hydroxyl groups is 1. The van der Waals surface area contributed by atoms with Gasteiger partial charge in [0.15, 0.2) is 8.32 Å². The van der Waals surface area contributed by atoms with Crippen LogP contribution in [0.4, 0.5) is 0 Å². The number of benzene rings is 1. The third kappa shape index (κ3) is 6.93. The van der Waals surface area contributed by atoms with Gasteiger partial charge in [0.05, 0.1) is 13.2 Å². The molecule has 2 aromatic rings. The summed E-state index contributed by atoms with van der Waals surface area (Å²) in [6.45, 7) is 12.0. The molecule has 0 aliphatic heterocycles. The third-order valence-electron chi connectivity index (χ3n) is 4.91. The molecule has 141 valence electrons. The molecule has 0 aliphatic rings. The summed E-state index contributed by atoms with van der Waals surface area (Å²) in [5.74, 6) is 0. The SMILES string of the molecule is CC(C)(C)[Si](C)(C)OCC(OCc1ccccc1)C(O)c1cccs1.[Y]. The van der Waals surface area contributed by atoms with Crippen LogP contribution in [0, 0.1) is 0 Å². The van der Waals surface area contributed by atoms with Gasteiger partial charge in [0.2, 0.25) is 0 Å². The average Bonchev–Trinajstić information content (AvgIpc) is 3.08. The topological polar surface area (TPSA) is 38.7 Å². The van der Waals surface area contributed by atoms with Crippen molar-refractivity contribution in [3.63, 3.8) is 0 Å². The van der Waals surface area contributed by atoms with Crippen molar-refractivity contribution in [1.29, 1.82) is 0 Å². The molecule has 6 heteroatoms.